The van der Waals surface area contributed by atoms with E-state index in [0.717, 1.165) is 11.3 Å². The van der Waals surface area contributed by atoms with E-state index in [1.165, 1.54) is 6.92 Å². The van der Waals surface area contributed by atoms with Gasteiger partial charge in [-0.2, -0.15) is 0 Å². The van der Waals surface area contributed by atoms with Crippen LogP contribution in [0, 0.1) is 6.92 Å². The average molecular weight is 195 g/mol. The maximum Gasteiger partial charge on any atom is 0.332 e. The molecular weight excluding hydrogens is 182 g/mol. The number of hydrogen-bond acceptors (Lipinski definition) is 3. The normalized spacial score (nSPS) is 12.4. The molecule has 0 aliphatic carbocycles. The second kappa shape index (κ2) is 4.72. The molecule has 0 saturated carbocycles. The number of carboxylic acid groups (broad SMARTS) is 1. The SMILES string of the molecule is Cc1cccnc1COC(C)C(=O)O. The van der Waals surface area contributed by atoms with E-state index < -0.39 is 12.1 Å². The Balaban J connectivity index is 2.54. The van der Waals surface area contributed by atoms with Crippen molar-refractivity contribution in [2.24, 2.45) is 0 Å². The number of aromatic nitrogens is 1. The zero-order valence-corrected chi connectivity index (χ0v) is 8.23. The third kappa shape index (κ3) is 2.81. The summed E-state index contributed by atoms with van der Waals surface area (Å²) in [5.74, 6) is -0.960. The number of hydrogen-bond donors (Lipinski definition) is 1. The molecule has 76 valence electrons. The summed E-state index contributed by atoms with van der Waals surface area (Å²) < 4.78 is 5.11. The third-order valence-electron chi connectivity index (χ3n) is 1.94. The average Bonchev–Trinajstić information content (AvgIpc) is 2.16. The lowest BCUT2D eigenvalue weighted by molar-refractivity contribution is -0.149. The fourth-order valence-electron chi connectivity index (χ4n) is 0.945. The first kappa shape index (κ1) is 10.7. The maximum absolute atomic E-state index is 10.5. The van der Waals surface area contributed by atoms with E-state index in [2.05, 4.69) is 4.98 Å². The highest BCUT2D eigenvalue weighted by Gasteiger charge is 2.11. The zero-order chi connectivity index (χ0) is 10.6. The molecular formula is C10H13NO3. The summed E-state index contributed by atoms with van der Waals surface area (Å²) in [6.07, 6.45) is 0.869. The summed E-state index contributed by atoms with van der Waals surface area (Å²) in [5.41, 5.74) is 1.78. The van der Waals surface area contributed by atoms with E-state index in [4.69, 9.17) is 9.84 Å². The Kier molecular flexibility index (Phi) is 3.59. The van der Waals surface area contributed by atoms with E-state index in [0.29, 0.717) is 0 Å². The first-order chi connectivity index (χ1) is 6.61. The van der Waals surface area contributed by atoms with Crippen molar-refractivity contribution in [3.8, 4) is 0 Å². The van der Waals surface area contributed by atoms with Gasteiger partial charge in [-0.15, -0.1) is 0 Å². The number of pyridine rings is 1. The van der Waals surface area contributed by atoms with Crippen molar-refractivity contribution < 1.29 is 14.6 Å². The molecule has 0 bridgehead atoms. The highest BCUT2D eigenvalue weighted by atomic mass is 16.5. The van der Waals surface area contributed by atoms with Gasteiger partial charge in [-0.3, -0.25) is 4.98 Å². The van der Waals surface area contributed by atoms with Crippen molar-refractivity contribution in [2.75, 3.05) is 0 Å². The predicted octanol–water partition coefficient (Wildman–Crippen LogP) is 1.38. The second-order valence-corrected chi connectivity index (χ2v) is 3.06. The Labute approximate surface area is 82.5 Å². The van der Waals surface area contributed by atoms with Crippen molar-refractivity contribution >= 4 is 5.97 Å². The third-order valence-corrected chi connectivity index (χ3v) is 1.94. The molecule has 1 atom stereocenters. The van der Waals surface area contributed by atoms with Gasteiger partial charge in [0, 0.05) is 6.20 Å². The monoisotopic (exact) mass is 195 g/mol. The van der Waals surface area contributed by atoms with Gasteiger partial charge in [0.1, 0.15) is 0 Å². The van der Waals surface area contributed by atoms with Crippen LogP contribution in [-0.2, 0) is 16.1 Å². The van der Waals surface area contributed by atoms with Gasteiger partial charge in [-0.05, 0) is 25.5 Å². The summed E-state index contributed by atoms with van der Waals surface area (Å²) in [6, 6.07) is 3.75. The van der Waals surface area contributed by atoms with Crippen LogP contribution in [0.3, 0.4) is 0 Å². The smallest absolute Gasteiger partial charge is 0.332 e. The Morgan fingerprint density at radius 3 is 3.00 bits per heavy atom. The van der Waals surface area contributed by atoms with Gasteiger partial charge in [0.05, 0.1) is 12.3 Å². The molecule has 1 N–H and O–H groups in total. The van der Waals surface area contributed by atoms with Crippen LogP contribution in [0.4, 0.5) is 0 Å². The second-order valence-electron chi connectivity index (χ2n) is 3.06. The Bertz CT molecular complexity index is 325. The standard InChI is InChI=1S/C10H13NO3/c1-7-4-3-5-11-9(7)6-14-8(2)10(12)13/h3-5,8H,6H2,1-2H3,(H,12,13). The van der Waals surface area contributed by atoms with E-state index in [9.17, 15) is 4.79 Å². The van der Waals surface area contributed by atoms with Crippen molar-refractivity contribution in [3.63, 3.8) is 0 Å². The molecule has 1 aromatic heterocycles. The van der Waals surface area contributed by atoms with Crippen molar-refractivity contribution in [2.45, 2.75) is 26.6 Å². The summed E-state index contributed by atoms with van der Waals surface area (Å²) in [6.45, 7) is 3.65. The lowest BCUT2D eigenvalue weighted by atomic mass is 10.2. The topological polar surface area (TPSA) is 59.4 Å². The molecule has 1 heterocycles. The molecule has 0 radical (unpaired) electrons. The molecule has 0 fully saturated rings. The van der Waals surface area contributed by atoms with Crippen LogP contribution in [0.15, 0.2) is 18.3 Å². The van der Waals surface area contributed by atoms with Crippen molar-refractivity contribution in [1.82, 2.24) is 4.98 Å². The molecule has 0 aromatic carbocycles. The van der Waals surface area contributed by atoms with Crippen LogP contribution in [0.2, 0.25) is 0 Å². The number of carboxylic acids is 1. The van der Waals surface area contributed by atoms with Gasteiger partial charge in [-0.1, -0.05) is 6.07 Å². The lowest BCUT2D eigenvalue weighted by Gasteiger charge is -2.08. The van der Waals surface area contributed by atoms with Gasteiger partial charge >= 0.3 is 5.97 Å². The fourth-order valence-corrected chi connectivity index (χ4v) is 0.945. The number of nitrogens with zero attached hydrogens (tertiary/aromatic N) is 1. The van der Waals surface area contributed by atoms with Gasteiger partial charge in [0.2, 0.25) is 0 Å². The summed E-state index contributed by atoms with van der Waals surface area (Å²) >= 11 is 0. The Hall–Kier alpha value is -1.42. The highest BCUT2D eigenvalue weighted by molar-refractivity contribution is 5.71. The van der Waals surface area contributed by atoms with Gasteiger partial charge < -0.3 is 9.84 Å². The molecule has 4 nitrogen and oxygen atoms in total. The van der Waals surface area contributed by atoms with Crippen LogP contribution in [0.25, 0.3) is 0 Å². The van der Waals surface area contributed by atoms with Crippen molar-refractivity contribution in [3.05, 3.63) is 29.6 Å². The lowest BCUT2D eigenvalue weighted by Crippen LogP contribution is -2.20. The van der Waals surface area contributed by atoms with Crippen LogP contribution in [-0.4, -0.2) is 22.2 Å². The van der Waals surface area contributed by atoms with Gasteiger partial charge in [-0.25, -0.2) is 4.79 Å². The predicted molar refractivity (Wildman–Crippen MR) is 50.9 cm³/mol. The summed E-state index contributed by atoms with van der Waals surface area (Å²) in [5, 5.41) is 8.58. The van der Waals surface area contributed by atoms with E-state index in [-0.39, 0.29) is 6.61 Å². The van der Waals surface area contributed by atoms with Crippen molar-refractivity contribution in [1.29, 1.82) is 0 Å². The number of carbonyl (C=O) groups is 1. The number of ether oxygens (including phenoxy) is 1. The minimum absolute atomic E-state index is 0.236. The highest BCUT2D eigenvalue weighted by Crippen LogP contribution is 2.06. The number of rotatable bonds is 4. The molecule has 0 saturated heterocycles. The molecule has 1 aromatic rings. The minimum atomic E-state index is -0.960. The van der Waals surface area contributed by atoms with Crippen LogP contribution in [0.1, 0.15) is 18.2 Å². The van der Waals surface area contributed by atoms with E-state index >= 15 is 0 Å². The quantitative estimate of drug-likeness (QED) is 0.788. The number of aryl methyl sites for hydroxylation is 1. The molecule has 4 heteroatoms. The van der Waals surface area contributed by atoms with Crippen LogP contribution < -0.4 is 0 Å². The molecule has 0 amide bonds. The van der Waals surface area contributed by atoms with Crippen LogP contribution in [0.5, 0.6) is 0 Å². The Morgan fingerprint density at radius 1 is 1.71 bits per heavy atom. The van der Waals surface area contributed by atoms with Gasteiger partial charge in [0.25, 0.3) is 0 Å². The first-order valence-electron chi connectivity index (χ1n) is 4.36. The van der Waals surface area contributed by atoms with E-state index in [1.54, 1.807) is 6.20 Å². The van der Waals surface area contributed by atoms with Crippen LogP contribution >= 0.6 is 0 Å². The maximum atomic E-state index is 10.5. The fraction of sp³-hybridized carbons (Fsp3) is 0.400. The summed E-state index contributed by atoms with van der Waals surface area (Å²) in [7, 11) is 0. The molecule has 0 spiro atoms. The molecule has 0 aliphatic heterocycles. The molecule has 0 aliphatic rings. The molecule has 1 unspecified atom stereocenters. The minimum Gasteiger partial charge on any atom is -0.479 e. The zero-order valence-electron chi connectivity index (χ0n) is 8.23. The largest absolute Gasteiger partial charge is 0.479 e. The molecule has 14 heavy (non-hydrogen) atoms. The first-order valence-corrected chi connectivity index (χ1v) is 4.36. The van der Waals surface area contributed by atoms with Gasteiger partial charge in [0.15, 0.2) is 6.10 Å². The van der Waals surface area contributed by atoms with E-state index in [1.807, 2.05) is 19.1 Å². The Morgan fingerprint density at radius 2 is 2.43 bits per heavy atom. The number of aliphatic carboxylic acids is 1. The summed E-state index contributed by atoms with van der Waals surface area (Å²) in [4.78, 5) is 14.6. The molecule has 1 rings (SSSR count).